The lowest BCUT2D eigenvalue weighted by molar-refractivity contribution is -0.140. The number of ether oxygens (including phenoxy) is 1. The highest BCUT2D eigenvalue weighted by atomic mass is 35.5. The summed E-state index contributed by atoms with van der Waals surface area (Å²) >= 11 is 17.9. The largest absolute Gasteiger partial charge is 0.469 e. The van der Waals surface area contributed by atoms with Crippen LogP contribution >= 0.6 is 34.8 Å². The summed E-state index contributed by atoms with van der Waals surface area (Å²) in [7, 11) is 1.35. The zero-order valence-corrected chi connectivity index (χ0v) is 11.5. The van der Waals surface area contributed by atoms with Gasteiger partial charge in [-0.15, -0.1) is 0 Å². The molecule has 6 heteroatoms. The summed E-state index contributed by atoms with van der Waals surface area (Å²) in [6.45, 7) is 0.946. The zero-order chi connectivity index (χ0) is 12.8. The molecule has 1 aromatic rings. The third kappa shape index (κ3) is 4.36. The van der Waals surface area contributed by atoms with Crippen molar-refractivity contribution < 1.29 is 9.53 Å². The lowest BCUT2D eigenvalue weighted by Crippen LogP contribution is -2.18. The lowest BCUT2D eigenvalue weighted by atomic mass is 10.2. The Morgan fingerprint density at radius 3 is 2.59 bits per heavy atom. The van der Waals surface area contributed by atoms with E-state index in [-0.39, 0.29) is 5.97 Å². The molecule has 94 valence electrons. The molecule has 0 radical (unpaired) electrons. The van der Waals surface area contributed by atoms with Crippen LogP contribution in [0.3, 0.4) is 0 Å². The minimum atomic E-state index is -0.263. The topological polar surface area (TPSA) is 38.3 Å². The summed E-state index contributed by atoms with van der Waals surface area (Å²) in [5.74, 6) is -0.263. The number of methoxy groups -OCH3 is 1. The number of esters is 1. The van der Waals surface area contributed by atoms with Gasteiger partial charge in [-0.3, -0.25) is 4.79 Å². The van der Waals surface area contributed by atoms with Gasteiger partial charge >= 0.3 is 5.97 Å². The number of hydrogen-bond donors (Lipinski definition) is 1. The first kappa shape index (κ1) is 14.6. The van der Waals surface area contributed by atoms with Crippen LogP contribution in [0.4, 0.5) is 0 Å². The quantitative estimate of drug-likeness (QED) is 0.515. The van der Waals surface area contributed by atoms with E-state index in [1.54, 1.807) is 12.1 Å². The Bertz CT molecular complexity index is 410. The maximum Gasteiger partial charge on any atom is 0.306 e. The highest BCUT2D eigenvalue weighted by Gasteiger charge is 2.09. The number of nitrogens with one attached hydrogen (secondary N) is 1. The molecule has 0 aliphatic rings. The number of benzene rings is 1. The SMILES string of the molecule is COC(=O)CCNCc1c(Cl)ccc(Cl)c1Cl. The van der Waals surface area contributed by atoms with Crippen LogP contribution in [0, 0.1) is 0 Å². The Balaban J connectivity index is 2.52. The second-order valence-corrected chi connectivity index (χ2v) is 4.52. The monoisotopic (exact) mass is 295 g/mol. The van der Waals surface area contributed by atoms with Crippen LogP contribution in [-0.2, 0) is 16.1 Å². The molecule has 0 heterocycles. The van der Waals surface area contributed by atoms with E-state index in [4.69, 9.17) is 34.8 Å². The van der Waals surface area contributed by atoms with Crippen LogP contribution in [0.1, 0.15) is 12.0 Å². The number of carbonyl (C=O) groups is 1. The third-order valence-corrected chi connectivity index (χ3v) is 3.37. The molecule has 0 atom stereocenters. The van der Waals surface area contributed by atoms with Crippen molar-refractivity contribution in [3.8, 4) is 0 Å². The maximum absolute atomic E-state index is 10.9. The lowest BCUT2D eigenvalue weighted by Gasteiger charge is -2.09. The first-order chi connectivity index (χ1) is 8.06. The standard InChI is InChI=1S/C11H12Cl3NO2/c1-17-10(16)4-5-15-6-7-8(12)2-3-9(13)11(7)14/h2-3,15H,4-6H2,1H3. The molecule has 0 bridgehead atoms. The van der Waals surface area contributed by atoms with Gasteiger partial charge in [0.05, 0.1) is 23.6 Å². The van der Waals surface area contributed by atoms with Crippen molar-refractivity contribution in [2.75, 3.05) is 13.7 Å². The summed E-state index contributed by atoms with van der Waals surface area (Å²) in [4.78, 5) is 10.9. The van der Waals surface area contributed by atoms with Gasteiger partial charge in [-0.1, -0.05) is 34.8 Å². The molecule has 0 amide bonds. The molecule has 0 fully saturated rings. The van der Waals surface area contributed by atoms with Crippen molar-refractivity contribution in [1.82, 2.24) is 5.32 Å². The highest BCUT2D eigenvalue weighted by Crippen LogP contribution is 2.31. The normalized spacial score (nSPS) is 10.4. The summed E-state index contributed by atoms with van der Waals surface area (Å²) in [5, 5.41) is 4.49. The summed E-state index contributed by atoms with van der Waals surface area (Å²) in [6.07, 6.45) is 0.298. The Labute approximate surface area is 115 Å². The van der Waals surface area contributed by atoms with Crippen molar-refractivity contribution in [3.63, 3.8) is 0 Å². The van der Waals surface area contributed by atoms with Crippen LogP contribution in [0.15, 0.2) is 12.1 Å². The van der Waals surface area contributed by atoms with Gasteiger partial charge in [0.1, 0.15) is 0 Å². The predicted molar refractivity (Wildman–Crippen MR) is 69.8 cm³/mol. The van der Waals surface area contributed by atoms with Gasteiger partial charge in [-0.05, 0) is 12.1 Å². The second kappa shape index (κ2) is 7.07. The highest BCUT2D eigenvalue weighted by molar-refractivity contribution is 6.44. The van der Waals surface area contributed by atoms with Gasteiger partial charge in [0.2, 0.25) is 0 Å². The number of carbonyl (C=O) groups excluding carboxylic acids is 1. The first-order valence-electron chi connectivity index (χ1n) is 4.96. The molecule has 0 aliphatic heterocycles. The van der Waals surface area contributed by atoms with E-state index >= 15 is 0 Å². The van der Waals surface area contributed by atoms with E-state index < -0.39 is 0 Å². The second-order valence-electron chi connectivity index (χ2n) is 3.32. The van der Waals surface area contributed by atoms with E-state index in [1.807, 2.05) is 0 Å². The van der Waals surface area contributed by atoms with Crippen molar-refractivity contribution in [2.24, 2.45) is 0 Å². The van der Waals surface area contributed by atoms with Crippen LogP contribution in [0.2, 0.25) is 15.1 Å². The Kier molecular flexibility index (Phi) is 6.06. The van der Waals surface area contributed by atoms with Crippen molar-refractivity contribution in [1.29, 1.82) is 0 Å². The summed E-state index contributed by atoms with van der Waals surface area (Å²) < 4.78 is 4.52. The minimum Gasteiger partial charge on any atom is -0.469 e. The third-order valence-electron chi connectivity index (χ3n) is 2.17. The molecule has 1 aromatic carbocycles. The molecule has 0 spiro atoms. The van der Waals surface area contributed by atoms with Crippen LogP contribution in [0.5, 0.6) is 0 Å². The van der Waals surface area contributed by atoms with E-state index in [0.29, 0.717) is 34.6 Å². The fourth-order valence-corrected chi connectivity index (χ4v) is 1.92. The summed E-state index contributed by atoms with van der Waals surface area (Å²) in [6, 6.07) is 3.33. The van der Waals surface area contributed by atoms with Gasteiger partial charge in [0.25, 0.3) is 0 Å². The molecule has 0 aromatic heterocycles. The number of hydrogen-bond acceptors (Lipinski definition) is 3. The molecule has 17 heavy (non-hydrogen) atoms. The molecule has 1 N–H and O–H groups in total. The van der Waals surface area contributed by atoms with Crippen LogP contribution in [-0.4, -0.2) is 19.6 Å². The molecule has 3 nitrogen and oxygen atoms in total. The van der Waals surface area contributed by atoms with Crippen LogP contribution in [0.25, 0.3) is 0 Å². The van der Waals surface area contributed by atoms with E-state index in [1.165, 1.54) is 7.11 Å². The molecule has 0 aliphatic carbocycles. The van der Waals surface area contributed by atoms with Gasteiger partial charge in [0, 0.05) is 23.7 Å². The Hall–Kier alpha value is -0.480. The fraction of sp³-hybridized carbons (Fsp3) is 0.364. The van der Waals surface area contributed by atoms with Gasteiger partial charge in [-0.25, -0.2) is 0 Å². The summed E-state index contributed by atoms with van der Waals surface area (Å²) in [5.41, 5.74) is 0.727. The van der Waals surface area contributed by atoms with Crippen molar-refractivity contribution in [3.05, 3.63) is 32.8 Å². The Morgan fingerprint density at radius 1 is 1.29 bits per heavy atom. The zero-order valence-electron chi connectivity index (χ0n) is 9.23. The van der Waals surface area contributed by atoms with E-state index in [2.05, 4.69) is 10.1 Å². The first-order valence-corrected chi connectivity index (χ1v) is 6.09. The average Bonchev–Trinajstić information content (AvgIpc) is 2.32. The molecule has 0 saturated carbocycles. The van der Waals surface area contributed by atoms with E-state index in [0.717, 1.165) is 5.56 Å². The number of halogens is 3. The molecular weight excluding hydrogens is 284 g/mol. The maximum atomic E-state index is 10.9. The van der Waals surface area contributed by atoms with Gasteiger partial charge < -0.3 is 10.1 Å². The predicted octanol–water partition coefficient (Wildman–Crippen LogP) is 3.30. The Morgan fingerprint density at radius 2 is 1.94 bits per heavy atom. The molecule has 1 rings (SSSR count). The van der Waals surface area contributed by atoms with Gasteiger partial charge in [0.15, 0.2) is 0 Å². The smallest absolute Gasteiger partial charge is 0.306 e. The minimum absolute atomic E-state index is 0.263. The molecular formula is C11H12Cl3NO2. The van der Waals surface area contributed by atoms with Crippen molar-refractivity contribution in [2.45, 2.75) is 13.0 Å². The molecule has 0 unspecified atom stereocenters. The van der Waals surface area contributed by atoms with Gasteiger partial charge in [-0.2, -0.15) is 0 Å². The fourth-order valence-electron chi connectivity index (χ4n) is 1.24. The van der Waals surface area contributed by atoms with Crippen LogP contribution < -0.4 is 5.32 Å². The van der Waals surface area contributed by atoms with Crippen molar-refractivity contribution >= 4 is 40.8 Å². The van der Waals surface area contributed by atoms with E-state index in [9.17, 15) is 4.79 Å². The molecule has 0 saturated heterocycles. The number of rotatable bonds is 5. The average molecular weight is 297 g/mol.